The van der Waals surface area contributed by atoms with E-state index in [1.807, 2.05) is 18.2 Å². The average Bonchev–Trinajstić information content (AvgIpc) is 3.09. The lowest BCUT2D eigenvalue weighted by Gasteiger charge is -2.13. The van der Waals surface area contributed by atoms with Crippen molar-refractivity contribution in [3.05, 3.63) is 53.8 Å². The maximum Gasteiger partial charge on any atom is 0.231 e. The molecule has 2 N–H and O–H groups in total. The molecule has 2 aromatic carbocycles. The highest BCUT2D eigenvalue weighted by atomic mass is 127. The molecule has 0 saturated heterocycles. The number of nitrogens with zero attached hydrogens (tertiary/aromatic N) is 1. The van der Waals surface area contributed by atoms with Crippen molar-refractivity contribution in [2.75, 3.05) is 27.0 Å². The summed E-state index contributed by atoms with van der Waals surface area (Å²) < 4.78 is 29.2. The molecule has 0 saturated carbocycles. The second-order valence-corrected chi connectivity index (χ2v) is 5.35. The van der Waals surface area contributed by atoms with Gasteiger partial charge in [0.25, 0.3) is 0 Å². The Kier molecular flexibility index (Phi) is 7.76. The molecule has 1 aliphatic heterocycles. The molecule has 0 amide bonds. The summed E-state index contributed by atoms with van der Waals surface area (Å²) in [6.45, 7) is 1.80. The smallest absolute Gasteiger partial charge is 0.231 e. The summed E-state index contributed by atoms with van der Waals surface area (Å²) in [5, 5.41) is 6.35. The van der Waals surface area contributed by atoms with Crippen molar-refractivity contribution < 1.29 is 18.6 Å². The molecule has 0 spiro atoms. The van der Waals surface area contributed by atoms with E-state index in [9.17, 15) is 4.39 Å². The minimum Gasteiger partial charge on any atom is -0.492 e. The number of rotatable bonds is 6. The minimum atomic E-state index is -0.313. The maximum absolute atomic E-state index is 13.1. The Balaban J connectivity index is 0.00000243. The molecule has 2 aromatic rings. The molecular formula is C18H21FIN3O3. The van der Waals surface area contributed by atoms with Gasteiger partial charge < -0.3 is 24.8 Å². The van der Waals surface area contributed by atoms with Crippen LogP contribution in [0.15, 0.2) is 47.5 Å². The van der Waals surface area contributed by atoms with E-state index in [1.54, 1.807) is 19.2 Å². The zero-order chi connectivity index (χ0) is 17.5. The molecule has 1 heterocycles. The summed E-state index contributed by atoms with van der Waals surface area (Å²) in [5.74, 6) is 2.36. The van der Waals surface area contributed by atoms with Crippen molar-refractivity contribution in [3.8, 4) is 17.2 Å². The first kappa shape index (κ1) is 20.1. The SMILES string of the molecule is CN=C(NCCOc1cccc(F)c1)NCc1ccc2c(c1)OCO2.I. The monoisotopic (exact) mass is 473 g/mol. The van der Waals surface area contributed by atoms with Gasteiger partial charge in [0.2, 0.25) is 6.79 Å². The van der Waals surface area contributed by atoms with Gasteiger partial charge in [0, 0.05) is 19.7 Å². The van der Waals surface area contributed by atoms with E-state index in [4.69, 9.17) is 14.2 Å². The Morgan fingerprint density at radius 2 is 2.00 bits per heavy atom. The van der Waals surface area contributed by atoms with Crippen molar-refractivity contribution in [2.45, 2.75) is 6.54 Å². The number of halogens is 2. The largest absolute Gasteiger partial charge is 0.492 e. The van der Waals surface area contributed by atoms with Crippen LogP contribution >= 0.6 is 24.0 Å². The molecule has 3 rings (SSSR count). The minimum absolute atomic E-state index is 0. The fourth-order valence-corrected chi connectivity index (χ4v) is 2.35. The van der Waals surface area contributed by atoms with E-state index < -0.39 is 0 Å². The normalized spacial score (nSPS) is 12.3. The first-order valence-electron chi connectivity index (χ1n) is 7.96. The molecular weight excluding hydrogens is 452 g/mol. The van der Waals surface area contributed by atoms with E-state index in [1.165, 1.54) is 12.1 Å². The lowest BCUT2D eigenvalue weighted by molar-refractivity contribution is 0.174. The quantitative estimate of drug-likeness (QED) is 0.293. The molecule has 26 heavy (non-hydrogen) atoms. The van der Waals surface area contributed by atoms with Crippen LogP contribution in [0.1, 0.15) is 5.56 Å². The Bertz CT molecular complexity index is 758. The summed E-state index contributed by atoms with van der Waals surface area (Å²) in [6, 6.07) is 11.9. The fourth-order valence-electron chi connectivity index (χ4n) is 2.35. The van der Waals surface area contributed by atoms with Crippen molar-refractivity contribution in [3.63, 3.8) is 0 Å². The number of guanidine groups is 1. The molecule has 0 atom stereocenters. The first-order chi connectivity index (χ1) is 12.2. The number of benzene rings is 2. The zero-order valence-corrected chi connectivity index (χ0v) is 16.7. The van der Waals surface area contributed by atoms with Gasteiger partial charge in [-0.2, -0.15) is 0 Å². The van der Waals surface area contributed by atoms with Crippen LogP contribution in [0.3, 0.4) is 0 Å². The van der Waals surface area contributed by atoms with Gasteiger partial charge in [-0.15, -0.1) is 24.0 Å². The molecule has 0 bridgehead atoms. The summed E-state index contributed by atoms with van der Waals surface area (Å²) in [7, 11) is 1.70. The van der Waals surface area contributed by atoms with E-state index in [-0.39, 0.29) is 36.6 Å². The Labute approximate surface area is 168 Å². The maximum atomic E-state index is 13.1. The number of aliphatic imine (C=N–C) groups is 1. The third-order valence-electron chi connectivity index (χ3n) is 3.58. The van der Waals surface area contributed by atoms with Gasteiger partial charge in [-0.25, -0.2) is 4.39 Å². The van der Waals surface area contributed by atoms with Crippen molar-refractivity contribution in [2.24, 2.45) is 4.99 Å². The van der Waals surface area contributed by atoms with Gasteiger partial charge in [-0.3, -0.25) is 4.99 Å². The number of hydrogen-bond donors (Lipinski definition) is 2. The number of hydrogen-bond acceptors (Lipinski definition) is 4. The van der Waals surface area contributed by atoms with Crippen molar-refractivity contribution in [1.29, 1.82) is 0 Å². The second-order valence-electron chi connectivity index (χ2n) is 5.35. The molecule has 0 radical (unpaired) electrons. The highest BCUT2D eigenvalue weighted by Gasteiger charge is 2.13. The van der Waals surface area contributed by atoms with Crippen LogP contribution in [0.25, 0.3) is 0 Å². The third kappa shape index (κ3) is 5.65. The third-order valence-corrected chi connectivity index (χ3v) is 3.58. The Morgan fingerprint density at radius 1 is 1.15 bits per heavy atom. The van der Waals surface area contributed by atoms with Crippen LogP contribution in [0.5, 0.6) is 17.2 Å². The highest BCUT2D eigenvalue weighted by Crippen LogP contribution is 2.32. The summed E-state index contributed by atoms with van der Waals surface area (Å²) in [4.78, 5) is 4.16. The predicted molar refractivity (Wildman–Crippen MR) is 108 cm³/mol. The lowest BCUT2D eigenvalue weighted by Crippen LogP contribution is -2.38. The number of fused-ring (bicyclic) bond motifs is 1. The number of ether oxygens (including phenoxy) is 3. The van der Waals surface area contributed by atoms with E-state index >= 15 is 0 Å². The molecule has 140 valence electrons. The average molecular weight is 473 g/mol. The fraction of sp³-hybridized carbons (Fsp3) is 0.278. The van der Waals surface area contributed by atoms with Gasteiger partial charge in [0.15, 0.2) is 17.5 Å². The molecule has 0 aliphatic carbocycles. The van der Waals surface area contributed by atoms with Gasteiger partial charge in [-0.05, 0) is 29.8 Å². The predicted octanol–water partition coefficient (Wildman–Crippen LogP) is 2.92. The summed E-state index contributed by atoms with van der Waals surface area (Å²) in [6.07, 6.45) is 0. The molecule has 0 unspecified atom stereocenters. The first-order valence-corrected chi connectivity index (χ1v) is 7.96. The molecule has 0 aromatic heterocycles. The Hall–Kier alpha value is -2.23. The zero-order valence-electron chi connectivity index (χ0n) is 14.3. The van der Waals surface area contributed by atoms with Gasteiger partial charge in [0.05, 0.1) is 6.54 Å². The highest BCUT2D eigenvalue weighted by molar-refractivity contribution is 14.0. The molecule has 0 fully saturated rings. The second kappa shape index (κ2) is 10.0. The van der Waals surface area contributed by atoms with Crippen molar-refractivity contribution >= 4 is 29.9 Å². The lowest BCUT2D eigenvalue weighted by atomic mass is 10.2. The summed E-state index contributed by atoms with van der Waals surface area (Å²) in [5.41, 5.74) is 1.06. The molecule has 8 heteroatoms. The van der Waals surface area contributed by atoms with Crippen molar-refractivity contribution in [1.82, 2.24) is 10.6 Å². The van der Waals surface area contributed by atoms with Gasteiger partial charge in [-0.1, -0.05) is 12.1 Å². The molecule has 1 aliphatic rings. The van der Waals surface area contributed by atoms with Gasteiger partial charge in [0.1, 0.15) is 18.2 Å². The number of nitrogens with one attached hydrogen (secondary N) is 2. The van der Waals surface area contributed by atoms with Crippen LogP contribution in [0, 0.1) is 5.82 Å². The van der Waals surface area contributed by atoms with Gasteiger partial charge >= 0.3 is 0 Å². The van der Waals surface area contributed by atoms with E-state index in [0.29, 0.717) is 31.4 Å². The standard InChI is InChI=1S/C18H20FN3O3.HI/c1-20-18(21-7-8-23-15-4-2-3-14(19)10-15)22-11-13-5-6-16-17(9-13)25-12-24-16;/h2-6,9-10H,7-8,11-12H2,1H3,(H2,20,21,22);1H. The van der Waals surface area contributed by atoms with Crippen LogP contribution in [-0.2, 0) is 6.54 Å². The van der Waals surface area contributed by atoms with Crippen LogP contribution in [0.2, 0.25) is 0 Å². The van der Waals surface area contributed by atoms with Crippen LogP contribution in [-0.4, -0.2) is 33.0 Å². The van der Waals surface area contributed by atoms with Crippen LogP contribution < -0.4 is 24.8 Å². The Morgan fingerprint density at radius 3 is 2.81 bits per heavy atom. The topological polar surface area (TPSA) is 64.1 Å². The van der Waals surface area contributed by atoms with Crippen LogP contribution in [0.4, 0.5) is 4.39 Å². The van der Waals surface area contributed by atoms with E-state index in [2.05, 4.69) is 15.6 Å². The molecule has 6 nitrogen and oxygen atoms in total. The van der Waals surface area contributed by atoms with E-state index in [0.717, 1.165) is 17.1 Å². The summed E-state index contributed by atoms with van der Waals surface area (Å²) >= 11 is 0.